The number of hydrogen-bond acceptors (Lipinski definition) is 5. The van der Waals surface area contributed by atoms with E-state index in [1.807, 2.05) is 0 Å². The summed E-state index contributed by atoms with van der Waals surface area (Å²) < 4.78 is 12.1. The summed E-state index contributed by atoms with van der Waals surface area (Å²) >= 11 is 0. The highest BCUT2D eigenvalue weighted by Gasteiger charge is 2.25. The standard InChI is InChI=1S/C25H43N3O2/c1-4-26(2)16-17-27(3)21-22-12-19-30-25(20-22)23-8-10-24(11-9-23)29-18-7-15-28-13-5-6-14-28/h8-11,22,25H,4-7,12-21H2,1-3H3. The molecule has 0 radical (unpaired) electrons. The summed E-state index contributed by atoms with van der Waals surface area (Å²) in [4.78, 5) is 7.40. The zero-order chi connectivity index (χ0) is 21.2. The first-order valence-electron chi connectivity index (χ1n) is 12.1. The normalized spacial score (nSPS) is 22.8. The Morgan fingerprint density at radius 1 is 1.07 bits per heavy atom. The molecule has 2 heterocycles. The molecule has 5 nitrogen and oxygen atoms in total. The first-order valence-corrected chi connectivity index (χ1v) is 12.1. The van der Waals surface area contributed by atoms with Crippen molar-refractivity contribution in [2.24, 2.45) is 5.92 Å². The molecule has 1 aromatic rings. The average molecular weight is 418 g/mol. The molecule has 0 spiro atoms. The van der Waals surface area contributed by atoms with Crippen molar-refractivity contribution in [1.82, 2.24) is 14.7 Å². The number of rotatable bonds is 12. The molecule has 2 saturated heterocycles. The Bertz CT molecular complexity index is 589. The minimum Gasteiger partial charge on any atom is -0.494 e. The SMILES string of the molecule is CCN(C)CCN(C)CC1CCOC(c2ccc(OCCCN3CCCC3)cc2)C1. The lowest BCUT2D eigenvalue weighted by atomic mass is 9.91. The highest BCUT2D eigenvalue weighted by Crippen LogP contribution is 2.32. The number of benzene rings is 1. The van der Waals surface area contributed by atoms with Gasteiger partial charge in [-0.3, -0.25) is 0 Å². The van der Waals surface area contributed by atoms with Gasteiger partial charge in [-0.05, 0) is 89.4 Å². The lowest BCUT2D eigenvalue weighted by Gasteiger charge is -2.33. The van der Waals surface area contributed by atoms with E-state index in [2.05, 4.69) is 60.0 Å². The topological polar surface area (TPSA) is 28.2 Å². The maximum Gasteiger partial charge on any atom is 0.119 e. The second-order valence-electron chi connectivity index (χ2n) is 9.23. The molecule has 3 rings (SSSR count). The summed E-state index contributed by atoms with van der Waals surface area (Å²) in [5.41, 5.74) is 1.29. The molecule has 2 atom stereocenters. The van der Waals surface area contributed by atoms with Gasteiger partial charge >= 0.3 is 0 Å². The molecule has 2 aliphatic rings. The van der Waals surface area contributed by atoms with Crippen LogP contribution < -0.4 is 4.74 Å². The van der Waals surface area contributed by atoms with E-state index >= 15 is 0 Å². The Hall–Kier alpha value is -1.14. The number of likely N-dealkylation sites (tertiary alicyclic amines) is 1. The fourth-order valence-corrected chi connectivity index (χ4v) is 4.56. The smallest absolute Gasteiger partial charge is 0.119 e. The number of nitrogens with zero attached hydrogens (tertiary/aromatic N) is 3. The number of ether oxygens (including phenoxy) is 2. The molecule has 5 heteroatoms. The molecule has 0 saturated carbocycles. The first kappa shape index (κ1) is 23.5. The molecule has 0 amide bonds. The van der Waals surface area contributed by atoms with Crippen LogP contribution in [0.2, 0.25) is 0 Å². The molecular formula is C25H43N3O2. The van der Waals surface area contributed by atoms with Crippen molar-refractivity contribution >= 4 is 0 Å². The molecule has 2 aliphatic heterocycles. The maximum atomic E-state index is 6.11. The predicted molar refractivity (Wildman–Crippen MR) is 124 cm³/mol. The van der Waals surface area contributed by atoms with Gasteiger partial charge in [0.25, 0.3) is 0 Å². The van der Waals surface area contributed by atoms with Crippen LogP contribution in [0.25, 0.3) is 0 Å². The van der Waals surface area contributed by atoms with Crippen molar-refractivity contribution in [2.75, 3.05) is 73.1 Å². The van der Waals surface area contributed by atoms with Crippen LogP contribution in [0.4, 0.5) is 0 Å². The molecule has 2 fully saturated rings. The van der Waals surface area contributed by atoms with E-state index in [0.29, 0.717) is 5.92 Å². The van der Waals surface area contributed by atoms with Crippen LogP contribution in [0, 0.1) is 5.92 Å². The third-order valence-corrected chi connectivity index (χ3v) is 6.70. The van der Waals surface area contributed by atoms with Gasteiger partial charge in [0, 0.05) is 32.8 Å². The van der Waals surface area contributed by atoms with Gasteiger partial charge in [0.15, 0.2) is 0 Å². The second kappa shape index (κ2) is 12.7. The Morgan fingerprint density at radius 2 is 1.80 bits per heavy atom. The van der Waals surface area contributed by atoms with E-state index in [1.165, 1.54) is 44.5 Å². The van der Waals surface area contributed by atoms with Crippen LogP contribution in [-0.2, 0) is 4.74 Å². The quantitative estimate of drug-likeness (QED) is 0.481. The van der Waals surface area contributed by atoms with Gasteiger partial charge in [0.2, 0.25) is 0 Å². The maximum absolute atomic E-state index is 6.11. The van der Waals surface area contributed by atoms with E-state index in [0.717, 1.165) is 58.0 Å². The first-order chi connectivity index (χ1) is 14.6. The van der Waals surface area contributed by atoms with Crippen molar-refractivity contribution in [3.05, 3.63) is 29.8 Å². The molecule has 0 aliphatic carbocycles. The van der Waals surface area contributed by atoms with Gasteiger partial charge in [-0.1, -0.05) is 19.1 Å². The zero-order valence-electron chi connectivity index (χ0n) is 19.5. The highest BCUT2D eigenvalue weighted by atomic mass is 16.5. The minimum atomic E-state index is 0.222. The zero-order valence-corrected chi connectivity index (χ0v) is 19.5. The van der Waals surface area contributed by atoms with Crippen molar-refractivity contribution < 1.29 is 9.47 Å². The summed E-state index contributed by atoms with van der Waals surface area (Å²) in [6, 6.07) is 8.63. The Kier molecular flexibility index (Phi) is 9.92. The van der Waals surface area contributed by atoms with Crippen molar-refractivity contribution in [2.45, 2.75) is 45.1 Å². The Morgan fingerprint density at radius 3 is 2.53 bits per heavy atom. The highest BCUT2D eigenvalue weighted by molar-refractivity contribution is 5.28. The van der Waals surface area contributed by atoms with Gasteiger partial charge in [-0.2, -0.15) is 0 Å². The molecule has 0 N–H and O–H groups in total. The number of hydrogen-bond donors (Lipinski definition) is 0. The lowest BCUT2D eigenvalue weighted by Crippen LogP contribution is -2.35. The van der Waals surface area contributed by atoms with E-state index in [4.69, 9.17) is 9.47 Å². The van der Waals surface area contributed by atoms with Crippen molar-refractivity contribution in [3.63, 3.8) is 0 Å². The van der Waals surface area contributed by atoms with Crippen LogP contribution in [-0.4, -0.2) is 87.8 Å². The van der Waals surface area contributed by atoms with Gasteiger partial charge in [-0.25, -0.2) is 0 Å². The third kappa shape index (κ3) is 7.84. The van der Waals surface area contributed by atoms with Gasteiger partial charge in [-0.15, -0.1) is 0 Å². The average Bonchev–Trinajstić information content (AvgIpc) is 3.29. The van der Waals surface area contributed by atoms with Gasteiger partial charge < -0.3 is 24.2 Å². The lowest BCUT2D eigenvalue weighted by molar-refractivity contribution is -0.0165. The second-order valence-corrected chi connectivity index (χ2v) is 9.23. The summed E-state index contributed by atoms with van der Waals surface area (Å²) in [6.07, 6.45) is 6.33. The predicted octanol–water partition coefficient (Wildman–Crippen LogP) is 3.90. The van der Waals surface area contributed by atoms with Gasteiger partial charge in [0.1, 0.15) is 5.75 Å². The van der Waals surface area contributed by atoms with Crippen molar-refractivity contribution in [3.8, 4) is 5.75 Å². The molecule has 30 heavy (non-hydrogen) atoms. The van der Waals surface area contributed by atoms with Crippen LogP contribution >= 0.6 is 0 Å². The molecule has 2 unspecified atom stereocenters. The van der Waals surface area contributed by atoms with E-state index in [9.17, 15) is 0 Å². The van der Waals surface area contributed by atoms with Crippen LogP contribution in [0.3, 0.4) is 0 Å². The fraction of sp³-hybridized carbons (Fsp3) is 0.760. The molecule has 170 valence electrons. The molecule has 1 aromatic carbocycles. The summed E-state index contributed by atoms with van der Waals surface area (Å²) in [5, 5.41) is 0. The monoisotopic (exact) mass is 417 g/mol. The summed E-state index contributed by atoms with van der Waals surface area (Å²) in [6.45, 7) is 12.1. The van der Waals surface area contributed by atoms with Crippen LogP contribution in [0.15, 0.2) is 24.3 Å². The number of likely N-dealkylation sites (N-methyl/N-ethyl adjacent to an activating group) is 2. The summed E-state index contributed by atoms with van der Waals surface area (Å²) in [5.74, 6) is 1.69. The Labute approximate surface area is 184 Å². The van der Waals surface area contributed by atoms with Crippen molar-refractivity contribution in [1.29, 1.82) is 0 Å². The molecular weight excluding hydrogens is 374 g/mol. The molecule has 0 bridgehead atoms. The third-order valence-electron chi connectivity index (χ3n) is 6.70. The van der Waals surface area contributed by atoms with E-state index in [-0.39, 0.29) is 6.10 Å². The van der Waals surface area contributed by atoms with Crippen LogP contribution in [0.1, 0.15) is 50.7 Å². The Balaban J connectivity index is 1.38. The van der Waals surface area contributed by atoms with E-state index < -0.39 is 0 Å². The van der Waals surface area contributed by atoms with Gasteiger partial charge in [0.05, 0.1) is 12.7 Å². The molecule has 0 aromatic heterocycles. The van der Waals surface area contributed by atoms with E-state index in [1.54, 1.807) is 0 Å². The fourth-order valence-electron chi connectivity index (χ4n) is 4.56. The largest absolute Gasteiger partial charge is 0.494 e. The van der Waals surface area contributed by atoms with Crippen LogP contribution in [0.5, 0.6) is 5.75 Å². The minimum absolute atomic E-state index is 0.222. The summed E-state index contributed by atoms with van der Waals surface area (Å²) in [7, 11) is 4.45.